The molecule has 0 aliphatic rings. The topological polar surface area (TPSA) is 70.7 Å². The number of amides is 1. The summed E-state index contributed by atoms with van der Waals surface area (Å²) in [4.78, 5) is 15.7. The van der Waals surface area contributed by atoms with Gasteiger partial charge in [-0.25, -0.2) is 0 Å². The van der Waals surface area contributed by atoms with Crippen LogP contribution in [0.4, 0.5) is 0 Å². The number of hydrogen-bond acceptors (Lipinski definition) is 3. The van der Waals surface area contributed by atoms with Gasteiger partial charge in [-0.3, -0.25) is 14.9 Å². The molecule has 0 radical (unpaired) electrons. The first-order valence-corrected chi connectivity index (χ1v) is 5.94. The second-order valence-corrected chi connectivity index (χ2v) is 4.25. The van der Waals surface area contributed by atoms with Gasteiger partial charge in [-0.1, -0.05) is 11.6 Å². The quantitative estimate of drug-likeness (QED) is 0.884. The van der Waals surface area contributed by atoms with Crippen molar-refractivity contribution in [3.63, 3.8) is 0 Å². The van der Waals surface area contributed by atoms with Crippen LogP contribution in [0.25, 0.3) is 0 Å². The number of rotatable bonds is 4. The zero-order valence-electron chi connectivity index (χ0n) is 9.90. The number of pyridine rings is 1. The number of nitrogens with one attached hydrogen (secondary N) is 2. The Kier molecular flexibility index (Phi) is 3.94. The molecule has 0 fully saturated rings. The molecule has 2 aromatic heterocycles. The second kappa shape index (κ2) is 5.64. The van der Waals surface area contributed by atoms with Crippen LogP contribution in [0.15, 0.2) is 24.5 Å². The van der Waals surface area contributed by atoms with Gasteiger partial charge < -0.3 is 5.32 Å². The fourth-order valence-electron chi connectivity index (χ4n) is 1.52. The predicted molar refractivity (Wildman–Crippen MR) is 68.6 cm³/mol. The summed E-state index contributed by atoms with van der Waals surface area (Å²) in [6.07, 6.45) is 4.20. The number of carbonyl (C=O) groups is 1. The lowest BCUT2D eigenvalue weighted by molar-refractivity contribution is 0.0949. The predicted octanol–water partition coefficient (Wildman–Crippen LogP) is 1.74. The summed E-state index contributed by atoms with van der Waals surface area (Å²) < 4.78 is 0. The van der Waals surface area contributed by atoms with E-state index in [2.05, 4.69) is 20.5 Å². The molecule has 18 heavy (non-hydrogen) atoms. The summed E-state index contributed by atoms with van der Waals surface area (Å²) in [5, 5.41) is 9.68. The van der Waals surface area contributed by atoms with Gasteiger partial charge in [0.1, 0.15) is 0 Å². The van der Waals surface area contributed by atoms with E-state index in [1.54, 1.807) is 19.3 Å². The molecule has 5 nitrogen and oxygen atoms in total. The van der Waals surface area contributed by atoms with Crippen molar-refractivity contribution in [2.24, 2.45) is 0 Å². The first-order valence-electron chi connectivity index (χ1n) is 5.56. The van der Waals surface area contributed by atoms with E-state index >= 15 is 0 Å². The summed E-state index contributed by atoms with van der Waals surface area (Å²) in [5.41, 5.74) is 2.05. The molecule has 2 N–H and O–H groups in total. The van der Waals surface area contributed by atoms with Gasteiger partial charge >= 0.3 is 0 Å². The Hall–Kier alpha value is -1.88. The van der Waals surface area contributed by atoms with Gasteiger partial charge in [0.25, 0.3) is 5.91 Å². The lowest BCUT2D eigenvalue weighted by Crippen LogP contribution is -2.26. The van der Waals surface area contributed by atoms with Crippen molar-refractivity contribution < 1.29 is 4.79 Å². The summed E-state index contributed by atoms with van der Waals surface area (Å²) in [6.45, 7) is 2.30. The molecule has 0 unspecified atom stereocenters. The first-order chi connectivity index (χ1) is 8.68. The molecule has 0 saturated heterocycles. The number of aryl methyl sites for hydroxylation is 1. The first kappa shape index (κ1) is 12.6. The molecule has 0 atom stereocenters. The van der Waals surface area contributed by atoms with E-state index < -0.39 is 0 Å². The Bertz CT molecular complexity index is 538. The highest BCUT2D eigenvalue weighted by Crippen LogP contribution is 2.16. The van der Waals surface area contributed by atoms with E-state index in [0.29, 0.717) is 17.3 Å². The van der Waals surface area contributed by atoms with Crippen molar-refractivity contribution in [2.45, 2.75) is 13.3 Å². The molecule has 94 valence electrons. The van der Waals surface area contributed by atoms with Crippen LogP contribution in [-0.2, 0) is 6.42 Å². The molecule has 0 aliphatic carbocycles. The van der Waals surface area contributed by atoms with Crippen LogP contribution < -0.4 is 5.32 Å². The fraction of sp³-hybridized carbons (Fsp3) is 0.250. The van der Waals surface area contributed by atoms with Crippen molar-refractivity contribution in [3.8, 4) is 0 Å². The normalized spacial score (nSPS) is 10.3. The monoisotopic (exact) mass is 264 g/mol. The van der Waals surface area contributed by atoms with E-state index in [1.807, 2.05) is 12.1 Å². The Labute approximate surface area is 110 Å². The van der Waals surface area contributed by atoms with Crippen molar-refractivity contribution in [1.29, 1.82) is 0 Å². The summed E-state index contributed by atoms with van der Waals surface area (Å²) in [5.74, 6) is -0.265. The van der Waals surface area contributed by atoms with Crippen molar-refractivity contribution in [3.05, 3.63) is 46.5 Å². The van der Waals surface area contributed by atoms with Crippen LogP contribution in [0.5, 0.6) is 0 Å². The summed E-state index contributed by atoms with van der Waals surface area (Å²) >= 11 is 5.94. The van der Waals surface area contributed by atoms with E-state index in [0.717, 1.165) is 12.0 Å². The smallest absolute Gasteiger partial charge is 0.273 e. The van der Waals surface area contributed by atoms with Gasteiger partial charge in [-0.15, -0.1) is 0 Å². The molecule has 0 spiro atoms. The Morgan fingerprint density at radius 3 is 2.78 bits per heavy atom. The number of carbonyl (C=O) groups excluding carboxylic acids is 1. The highest BCUT2D eigenvalue weighted by atomic mass is 35.5. The number of aromatic nitrogens is 3. The van der Waals surface area contributed by atoms with E-state index in [4.69, 9.17) is 11.6 Å². The van der Waals surface area contributed by atoms with Gasteiger partial charge in [-0.05, 0) is 31.0 Å². The second-order valence-electron chi connectivity index (χ2n) is 3.87. The third-order valence-corrected chi connectivity index (χ3v) is 3.00. The highest BCUT2D eigenvalue weighted by Gasteiger charge is 2.15. The SMILES string of the molecule is Cc1[nH]nc(C(=O)NCCc2ccncc2)c1Cl. The molecule has 2 rings (SSSR count). The van der Waals surface area contributed by atoms with Crippen molar-refractivity contribution in [2.75, 3.05) is 6.54 Å². The summed E-state index contributed by atoms with van der Waals surface area (Å²) in [6, 6.07) is 3.83. The van der Waals surface area contributed by atoms with Crippen LogP contribution in [0.2, 0.25) is 5.02 Å². The molecular formula is C12H13ClN4O. The summed E-state index contributed by atoms with van der Waals surface area (Å²) in [7, 11) is 0. The van der Waals surface area contributed by atoms with Gasteiger partial charge in [0, 0.05) is 18.9 Å². The standard InChI is InChI=1S/C12H13ClN4O/c1-8-10(13)11(17-16-8)12(18)15-7-4-9-2-5-14-6-3-9/h2-3,5-6H,4,7H2,1H3,(H,15,18)(H,16,17). The molecule has 0 saturated carbocycles. The minimum absolute atomic E-state index is 0.240. The lowest BCUT2D eigenvalue weighted by Gasteiger charge is -2.03. The molecule has 2 aromatic rings. The van der Waals surface area contributed by atoms with Crippen LogP contribution >= 0.6 is 11.6 Å². The molecule has 0 aromatic carbocycles. The zero-order chi connectivity index (χ0) is 13.0. The molecular weight excluding hydrogens is 252 g/mol. The zero-order valence-corrected chi connectivity index (χ0v) is 10.7. The van der Waals surface area contributed by atoms with Gasteiger partial charge in [0.15, 0.2) is 5.69 Å². The molecule has 6 heteroatoms. The van der Waals surface area contributed by atoms with Crippen LogP contribution in [0, 0.1) is 6.92 Å². The van der Waals surface area contributed by atoms with Gasteiger partial charge in [0.2, 0.25) is 0 Å². The average Bonchev–Trinajstić information content (AvgIpc) is 2.71. The van der Waals surface area contributed by atoms with Crippen LogP contribution in [0.3, 0.4) is 0 Å². The molecule has 0 aliphatic heterocycles. The lowest BCUT2D eigenvalue weighted by atomic mass is 10.2. The van der Waals surface area contributed by atoms with Gasteiger partial charge in [-0.2, -0.15) is 5.10 Å². The minimum Gasteiger partial charge on any atom is -0.350 e. The number of nitrogens with zero attached hydrogens (tertiary/aromatic N) is 2. The Morgan fingerprint density at radius 1 is 1.44 bits per heavy atom. The van der Waals surface area contributed by atoms with Gasteiger partial charge in [0.05, 0.1) is 10.7 Å². The van der Waals surface area contributed by atoms with Crippen molar-refractivity contribution >= 4 is 17.5 Å². The van der Waals surface area contributed by atoms with E-state index in [-0.39, 0.29) is 11.6 Å². The molecule has 1 amide bonds. The number of aromatic amines is 1. The number of hydrogen-bond donors (Lipinski definition) is 2. The minimum atomic E-state index is -0.265. The third kappa shape index (κ3) is 2.87. The highest BCUT2D eigenvalue weighted by molar-refractivity contribution is 6.34. The van der Waals surface area contributed by atoms with E-state index in [9.17, 15) is 4.79 Å². The van der Waals surface area contributed by atoms with Crippen LogP contribution in [0.1, 0.15) is 21.7 Å². The van der Waals surface area contributed by atoms with Crippen molar-refractivity contribution in [1.82, 2.24) is 20.5 Å². The Morgan fingerprint density at radius 2 is 2.17 bits per heavy atom. The molecule has 0 bridgehead atoms. The van der Waals surface area contributed by atoms with E-state index in [1.165, 1.54) is 0 Å². The third-order valence-electron chi connectivity index (χ3n) is 2.54. The number of H-pyrrole nitrogens is 1. The number of halogens is 1. The average molecular weight is 265 g/mol. The van der Waals surface area contributed by atoms with Crippen LogP contribution in [-0.4, -0.2) is 27.6 Å². The maximum atomic E-state index is 11.8. The maximum absolute atomic E-state index is 11.8. The Balaban J connectivity index is 1.88. The maximum Gasteiger partial charge on any atom is 0.273 e. The fourth-order valence-corrected chi connectivity index (χ4v) is 1.69. The molecule has 2 heterocycles. The largest absolute Gasteiger partial charge is 0.350 e.